The third-order valence-electron chi connectivity index (χ3n) is 11.3. The number of carbonyl (C=O) groups is 2. The van der Waals surface area contributed by atoms with E-state index in [1.54, 1.807) is 11.3 Å². The molecule has 0 aromatic carbocycles. The molecule has 0 radical (unpaired) electrons. The van der Waals surface area contributed by atoms with Gasteiger partial charge in [0, 0.05) is 74.9 Å². The number of anilines is 1. The number of imidazole rings is 1. The predicted molar refractivity (Wildman–Crippen MR) is 223 cm³/mol. The van der Waals surface area contributed by atoms with Crippen LogP contribution in [0.15, 0.2) is 29.8 Å². The van der Waals surface area contributed by atoms with Crippen molar-refractivity contribution in [3.8, 4) is 11.8 Å². The average molecular weight is 828 g/mol. The van der Waals surface area contributed by atoms with Crippen LogP contribution in [-0.4, -0.2) is 84.0 Å². The lowest BCUT2D eigenvalue weighted by Crippen LogP contribution is -2.43. The van der Waals surface area contributed by atoms with Crippen LogP contribution < -0.4 is 11.1 Å². The average Bonchev–Trinajstić information content (AvgIpc) is 3.92. The first-order chi connectivity index (χ1) is 27.9. The Morgan fingerprint density at radius 3 is 2.48 bits per heavy atom. The van der Waals surface area contributed by atoms with Gasteiger partial charge in [0.25, 0.3) is 0 Å². The van der Waals surface area contributed by atoms with Gasteiger partial charge in [-0.3, -0.25) is 14.3 Å². The van der Waals surface area contributed by atoms with Crippen molar-refractivity contribution in [3.63, 3.8) is 0 Å². The second-order valence-corrected chi connectivity index (χ2v) is 19.1. The summed E-state index contributed by atoms with van der Waals surface area (Å²) in [5.41, 5.74) is 10.6. The van der Waals surface area contributed by atoms with Gasteiger partial charge in [-0.1, -0.05) is 30.4 Å². The smallest absolute Gasteiger partial charge is 0.246 e. The van der Waals surface area contributed by atoms with E-state index in [4.69, 9.17) is 10.7 Å². The maximum absolute atomic E-state index is 13.7. The molecule has 1 saturated carbocycles. The predicted octanol–water partition coefficient (Wildman–Crippen LogP) is 5.25. The van der Waals surface area contributed by atoms with E-state index in [1.807, 2.05) is 10.9 Å². The minimum atomic E-state index is -3.45. The normalized spacial score (nSPS) is 17.7. The van der Waals surface area contributed by atoms with Crippen molar-refractivity contribution in [2.24, 2.45) is 17.8 Å². The molecule has 3 N–H and O–H groups in total. The summed E-state index contributed by atoms with van der Waals surface area (Å²) in [7, 11) is -3.45. The molecule has 17 heteroatoms. The standard InChI is InChI=1S/C41H53N11O4S2/c1-4-5-10-34-47-36-37(38-33(46-39(36)42)20-27(2)57-38)52(34)25-29-16-18-50(19-17-29)40(54)31-14-12-28(13-15-31)24-51-26-32(48-49-51)23-43-35(53)11-8-6-7-9-30-21-44-41(45-22-30)58(3,55)56/h20-22,26,28-29,31H,4-6,8,10-19,23-25H2,1-3H3,(H2,42,46)(H,43,53). The number of unbranched alkanes of at least 4 members (excludes halogenated alkanes) is 2. The third-order valence-corrected chi connectivity index (χ3v) is 13.2. The van der Waals surface area contributed by atoms with Gasteiger partial charge in [-0.25, -0.2) is 28.4 Å². The Bertz CT molecular complexity index is 2410. The quantitative estimate of drug-likeness (QED) is 0.0843. The van der Waals surface area contributed by atoms with Crippen molar-refractivity contribution in [1.82, 2.24) is 49.7 Å². The van der Waals surface area contributed by atoms with Crippen LogP contribution in [0.2, 0.25) is 0 Å². The molecule has 5 aromatic heterocycles. The Morgan fingerprint density at radius 2 is 1.76 bits per heavy atom. The zero-order valence-electron chi connectivity index (χ0n) is 33.6. The van der Waals surface area contributed by atoms with E-state index in [9.17, 15) is 18.0 Å². The molecule has 0 bridgehead atoms. The molecule has 5 aromatic rings. The van der Waals surface area contributed by atoms with E-state index in [0.717, 1.165) is 117 Å². The number of hydrogen-bond donors (Lipinski definition) is 2. The number of nitrogens with one attached hydrogen (secondary N) is 1. The number of amides is 2. The van der Waals surface area contributed by atoms with E-state index in [1.165, 1.54) is 17.3 Å². The molecule has 0 spiro atoms. The van der Waals surface area contributed by atoms with Gasteiger partial charge in [0.1, 0.15) is 17.0 Å². The van der Waals surface area contributed by atoms with Crippen molar-refractivity contribution in [2.45, 2.75) is 116 Å². The second-order valence-electron chi connectivity index (χ2n) is 15.9. The van der Waals surface area contributed by atoms with Crippen LogP contribution in [0, 0.1) is 36.5 Å². The number of rotatable bonds is 14. The number of aryl methyl sites for hydroxylation is 2. The fourth-order valence-electron chi connectivity index (χ4n) is 8.14. The number of nitrogens with two attached hydrogens (primary N) is 1. The van der Waals surface area contributed by atoms with Crippen molar-refractivity contribution in [2.75, 3.05) is 25.1 Å². The first kappa shape index (κ1) is 41.2. The Kier molecular flexibility index (Phi) is 13.0. The zero-order valence-corrected chi connectivity index (χ0v) is 35.2. The van der Waals surface area contributed by atoms with Gasteiger partial charge in [0.2, 0.25) is 26.8 Å². The van der Waals surface area contributed by atoms with Gasteiger partial charge in [0.15, 0.2) is 5.82 Å². The van der Waals surface area contributed by atoms with Crippen LogP contribution in [0.1, 0.15) is 99.5 Å². The number of nitrogen functional groups attached to an aromatic ring is 1. The number of hydrogen-bond acceptors (Lipinski definition) is 12. The van der Waals surface area contributed by atoms with Gasteiger partial charge < -0.3 is 20.5 Å². The van der Waals surface area contributed by atoms with Gasteiger partial charge >= 0.3 is 0 Å². The van der Waals surface area contributed by atoms with E-state index in [0.29, 0.717) is 60.6 Å². The van der Waals surface area contributed by atoms with Crippen LogP contribution in [0.3, 0.4) is 0 Å². The van der Waals surface area contributed by atoms with Crippen LogP contribution in [0.4, 0.5) is 5.82 Å². The van der Waals surface area contributed by atoms with E-state index >= 15 is 0 Å². The molecule has 58 heavy (non-hydrogen) atoms. The molecule has 7 rings (SSSR count). The summed E-state index contributed by atoms with van der Waals surface area (Å²) in [5.74, 6) is 8.64. The largest absolute Gasteiger partial charge is 0.382 e. The summed E-state index contributed by atoms with van der Waals surface area (Å²) in [6, 6.07) is 2.11. The Morgan fingerprint density at radius 1 is 1.02 bits per heavy atom. The first-order valence-electron chi connectivity index (χ1n) is 20.4. The fourth-order valence-corrected chi connectivity index (χ4v) is 9.63. The van der Waals surface area contributed by atoms with Crippen molar-refractivity contribution < 1.29 is 18.0 Å². The minimum Gasteiger partial charge on any atom is -0.382 e. The topological polar surface area (TPSA) is 197 Å². The number of likely N-dealkylation sites (tertiary alicyclic amines) is 1. The highest BCUT2D eigenvalue weighted by Gasteiger charge is 2.32. The summed E-state index contributed by atoms with van der Waals surface area (Å²) in [6.07, 6.45) is 15.9. The van der Waals surface area contributed by atoms with E-state index in [2.05, 4.69) is 71.8 Å². The highest BCUT2D eigenvalue weighted by atomic mass is 32.2. The lowest BCUT2D eigenvalue weighted by molar-refractivity contribution is -0.138. The summed E-state index contributed by atoms with van der Waals surface area (Å²) in [4.78, 5) is 46.8. The molecule has 2 amide bonds. The monoisotopic (exact) mass is 827 g/mol. The summed E-state index contributed by atoms with van der Waals surface area (Å²) >= 11 is 1.76. The number of aromatic nitrogens is 8. The molecule has 6 heterocycles. The van der Waals surface area contributed by atoms with Gasteiger partial charge in [0.05, 0.1) is 34.0 Å². The van der Waals surface area contributed by atoms with Crippen LogP contribution in [-0.2, 0) is 45.5 Å². The van der Waals surface area contributed by atoms with Crippen molar-refractivity contribution in [3.05, 3.63) is 46.6 Å². The third kappa shape index (κ3) is 10.0. The van der Waals surface area contributed by atoms with Crippen LogP contribution in [0.5, 0.6) is 0 Å². The molecule has 1 aliphatic carbocycles. The minimum absolute atomic E-state index is 0.0758. The summed E-state index contributed by atoms with van der Waals surface area (Å²) < 4.78 is 28.4. The van der Waals surface area contributed by atoms with Crippen LogP contribution >= 0.6 is 11.3 Å². The molecular formula is C41H53N11O4S2. The Balaban J connectivity index is 0.820. The highest BCUT2D eigenvalue weighted by molar-refractivity contribution is 7.90. The number of fused-ring (bicyclic) bond motifs is 3. The fraction of sp³-hybridized carbons (Fsp3) is 0.561. The Labute approximate surface area is 343 Å². The van der Waals surface area contributed by atoms with Gasteiger partial charge in [-0.2, -0.15) is 0 Å². The van der Waals surface area contributed by atoms with Crippen molar-refractivity contribution in [1.29, 1.82) is 0 Å². The number of thiophene rings is 1. The van der Waals surface area contributed by atoms with E-state index in [-0.39, 0.29) is 17.0 Å². The van der Waals surface area contributed by atoms with Crippen LogP contribution in [0.25, 0.3) is 21.3 Å². The van der Waals surface area contributed by atoms with Crippen molar-refractivity contribution >= 4 is 60.1 Å². The second kappa shape index (κ2) is 18.3. The maximum Gasteiger partial charge on any atom is 0.246 e. The molecule has 0 atom stereocenters. The molecule has 2 fully saturated rings. The maximum atomic E-state index is 13.7. The molecule has 2 aliphatic rings. The van der Waals surface area contributed by atoms with Gasteiger partial charge in [-0.15, -0.1) is 16.4 Å². The molecule has 1 aliphatic heterocycles. The number of piperidine rings is 1. The van der Waals surface area contributed by atoms with Gasteiger partial charge in [-0.05, 0) is 76.2 Å². The Hall–Kier alpha value is -4.95. The number of sulfone groups is 1. The number of pyridine rings is 1. The molecular weight excluding hydrogens is 775 g/mol. The molecule has 1 saturated heterocycles. The highest BCUT2D eigenvalue weighted by Crippen LogP contribution is 2.36. The number of nitrogens with zero attached hydrogens (tertiary/aromatic N) is 9. The summed E-state index contributed by atoms with van der Waals surface area (Å²) in [6.45, 7) is 7.85. The zero-order chi connectivity index (χ0) is 40.8. The molecule has 0 unspecified atom stereocenters. The lowest BCUT2D eigenvalue weighted by atomic mass is 9.81. The number of carbonyl (C=O) groups excluding carboxylic acids is 2. The SMILES string of the molecule is CCCCc1nc2c(N)nc3cc(C)sc3c2n1CC1CCN(C(=O)C2CCC(Cn3cc(CNC(=O)CCCC#Cc4cnc(S(C)(=O)=O)nc4)nn3)CC2)CC1. The molecule has 15 nitrogen and oxygen atoms in total. The first-order valence-corrected chi connectivity index (χ1v) is 23.2. The lowest BCUT2D eigenvalue weighted by Gasteiger charge is -2.36. The summed E-state index contributed by atoms with van der Waals surface area (Å²) in [5, 5.41) is 11.2. The molecule has 308 valence electrons. The van der Waals surface area contributed by atoms with E-state index < -0.39 is 9.84 Å².